The number of hydrogen-bond acceptors (Lipinski definition) is 4. The fourth-order valence-corrected chi connectivity index (χ4v) is 2.37. The van der Waals surface area contributed by atoms with Crippen molar-refractivity contribution in [2.45, 2.75) is 16.8 Å². The number of benzene rings is 1. The summed E-state index contributed by atoms with van der Waals surface area (Å²) in [5.41, 5.74) is 1.73. The number of aryl methyl sites for hydroxylation is 1. The third-order valence-electron chi connectivity index (χ3n) is 2.52. The Kier molecular flexibility index (Phi) is 3.83. The van der Waals surface area contributed by atoms with Crippen molar-refractivity contribution in [3.05, 3.63) is 53.2 Å². The summed E-state index contributed by atoms with van der Waals surface area (Å²) in [6, 6.07) is 10.8. The normalized spacial score (nSPS) is 9.89. The highest BCUT2D eigenvalue weighted by atomic mass is 32.2. The van der Waals surface area contributed by atoms with Crippen LogP contribution in [0.4, 0.5) is 0 Å². The molecule has 0 spiro atoms. The van der Waals surface area contributed by atoms with Crippen LogP contribution >= 0.6 is 11.8 Å². The van der Waals surface area contributed by atoms with E-state index in [2.05, 4.69) is 11.1 Å². The molecule has 0 aliphatic carbocycles. The fraction of sp³-hybridized carbons (Fsp3) is 0.0714. The molecule has 0 radical (unpaired) electrons. The Balaban J connectivity index is 2.19. The third kappa shape index (κ3) is 3.12. The average molecular weight is 270 g/mol. The number of aromatic nitrogens is 1. The molecule has 1 N–H and O–H groups in total. The average Bonchev–Trinajstić information content (AvgIpc) is 2.39. The number of aromatic carboxylic acids is 1. The van der Waals surface area contributed by atoms with Gasteiger partial charge >= 0.3 is 5.97 Å². The molecule has 0 saturated carbocycles. The summed E-state index contributed by atoms with van der Waals surface area (Å²) in [6.45, 7) is 1.88. The molecule has 0 unspecified atom stereocenters. The Bertz CT molecular complexity index is 660. The number of hydrogen-bond donors (Lipinski definition) is 1. The Morgan fingerprint density at radius 3 is 2.68 bits per heavy atom. The van der Waals surface area contributed by atoms with Crippen molar-refractivity contribution in [1.82, 2.24) is 4.98 Å². The summed E-state index contributed by atoms with van der Waals surface area (Å²) in [5, 5.41) is 18.4. The van der Waals surface area contributed by atoms with E-state index in [4.69, 9.17) is 10.4 Å². The van der Waals surface area contributed by atoms with Crippen molar-refractivity contribution < 1.29 is 9.90 Å². The highest BCUT2D eigenvalue weighted by Crippen LogP contribution is 2.27. The molecular weight excluding hydrogens is 260 g/mol. The van der Waals surface area contributed by atoms with Crippen LogP contribution in [0.1, 0.15) is 21.5 Å². The minimum Gasteiger partial charge on any atom is -0.478 e. The van der Waals surface area contributed by atoms with Crippen LogP contribution in [0.3, 0.4) is 0 Å². The number of rotatable bonds is 3. The van der Waals surface area contributed by atoms with Gasteiger partial charge in [0.05, 0.1) is 17.2 Å². The molecule has 2 aromatic rings. The van der Waals surface area contributed by atoms with Crippen molar-refractivity contribution in [2.24, 2.45) is 0 Å². The second-order valence-corrected chi connectivity index (χ2v) is 4.97. The van der Waals surface area contributed by atoms with Crippen LogP contribution in [0.25, 0.3) is 0 Å². The van der Waals surface area contributed by atoms with Gasteiger partial charge in [-0.05, 0) is 42.8 Å². The molecule has 19 heavy (non-hydrogen) atoms. The number of pyridine rings is 1. The molecule has 1 aromatic carbocycles. The van der Waals surface area contributed by atoms with Gasteiger partial charge in [-0.25, -0.2) is 9.78 Å². The molecule has 0 aliphatic rings. The summed E-state index contributed by atoms with van der Waals surface area (Å²) in [4.78, 5) is 15.8. The lowest BCUT2D eigenvalue weighted by atomic mass is 10.1. The molecule has 1 heterocycles. The number of nitrogens with zero attached hydrogens (tertiary/aromatic N) is 2. The molecule has 2 rings (SSSR count). The van der Waals surface area contributed by atoms with E-state index in [1.54, 1.807) is 12.1 Å². The van der Waals surface area contributed by atoms with Crippen LogP contribution in [-0.2, 0) is 0 Å². The van der Waals surface area contributed by atoms with Crippen molar-refractivity contribution >= 4 is 17.7 Å². The van der Waals surface area contributed by atoms with E-state index in [1.165, 1.54) is 24.0 Å². The topological polar surface area (TPSA) is 74.0 Å². The quantitative estimate of drug-likeness (QED) is 0.927. The SMILES string of the molecule is Cc1cc(Sc2ccc(C(=O)O)cn2)ccc1C#N. The Labute approximate surface area is 114 Å². The maximum Gasteiger partial charge on any atom is 0.337 e. The van der Waals surface area contributed by atoms with E-state index < -0.39 is 5.97 Å². The van der Waals surface area contributed by atoms with Crippen LogP contribution in [0.2, 0.25) is 0 Å². The highest BCUT2D eigenvalue weighted by Gasteiger charge is 2.05. The lowest BCUT2D eigenvalue weighted by molar-refractivity contribution is 0.0696. The molecule has 0 saturated heterocycles. The van der Waals surface area contributed by atoms with Gasteiger partial charge in [-0.15, -0.1) is 0 Å². The number of carbonyl (C=O) groups is 1. The zero-order chi connectivity index (χ0) is 13.8. The van der Waals surface area contributed by atoms with Crippen LogP contribution in [0, 0.1) is 18.3 Å². The van der Waals surface area contributed by atoms with Gasteiger partial charge in [0, 0.05) is 11.1 Å². The second kappa shape index (κ2) is 5.55. The van der Waals surface area contributed by atoms with Gasteiger partial charge in [-0.2, -0.15) is 5.26 Å². The van der Waals surface area contributed by atoms with E-state index in [0.29, 0.717) is 10.6 Å². The summed E-state index contributed by atoms with van der Waals surface area (Å²) in [5.74, 6) is -0.988. The van der Waals surface area contributed by atoms with Crippen LogP contribution in [-0.4, -0.2) is 16.1 Å². The third-order valence-corrected chi connectivity index (χ3v) is 3.46. The van der Waals surface area contributed by atoms with E-state index in [9.17, 15) is 4.79 Å². The Hall–Kier alpha value is -2.32. The monoisotopic (exact) mass is 270 g/mol. The molecule has 0 atom stereocenters. The van der Waals surface area contributed by atoms with Crippen molar-refractivity contribution in [2.75, 3.05) is 0 Å². The first-order valence-electron chi connectivity index (χ1n) is 5.48. The predicted octanol–water partition coefficient (Wildman–Crippen LogP) is 3.11. The van der Waals surface area contributed by atoms with E-state index in [0.717, 1.165) is 10.5 Å². The molecule has 0 aliphatic heterocycles. The molecule has 1 aromatic heterocycles. The first-order valence-corrected chi connectivity index (χ1v) is 6.30. The molecule has 94 valence electrons. The van der Waals surface area contributed by atoms with Crippen molar-refractivity contribution in [3.63, 3.8) is 0 Å². The van der Waals surface area contributed by atoms with Gasteiger partial charge in [-0.3, -0.25) is 0 Å². The van der Waals surface area contributed by atoms with Gasteiger partial charge in [0.1, 0.15) is 5.03 Å². The summed E-state index contributed by atoms with van der Waals surface area (Å²) < 4.78 is 0. The zero-order valence-corrected chi connectivity index (χ0v) is 10.9. The lowest BCUT2D eigenvalue weighted by Crippen LogP contribution is -1.96. The van der Waals surface area contributed by atoms with E-state index in [1.807, 2.05) is 19.1 Å². The van der Waals surface area contributed by atoms with Gasteiger partial charge in [0.25, 0.3) is 0 Å². The number of carboxylic acids is 1. The van der Waals surface area contributed by atoms with Crippen LogP contribution in [0.5, 0.6) is 0 Å². The smallest absolute Gasteiger partial charge is 0.337 e. The first-order chi connectivity index (χ1) is 9.10. The summed E-state index contributed by atoms with van der Waals surface area (Å²) in [6.07, 6.45) is 1.33. The van der Waals surface area contributed by atoms with E-state index >= 15 is 0 Å². The Morgan fingerprint density at radius 1 is 1.37 bits per heavy atom. The maximum absolute atomic E-state index is 10.7. The van der Waals surface area contributed by atoms with Crippen LogP contribution in [0.15, 0.2) is 46.5 Å². The molecule has 0 amide bonds. The summed E-state index contributed by atoms with van der Waals surface area (Å²) >= 11 is 1.43. The molecule has 5 heteroatoms. The minimum absolute atomic E-state index is 0.167. The second-order valence-electron chi connectivity index (χ2n) is 3.88. The molecular formula is C14H10N2O2S. The lowest BCUT2D eigenvalue weighted by Gasteiger charge is -2.03. The van der Waals surface area contributed by atoms with Gasteiger partial charge < -0.3 is 5.11 Å². The zero-order valence-electron chi connectivity index (χ0n) is 10.1. The highest BCUT2D eigenvalue weighted by molar-refractivity contribution is 7.99. The molecule has 0 fully saturated rings. The number of carboxylic acid groups (broad SMARTS) is 1. The van der Waals surface area contributed by atoms with Crippen molar-refractivity contribution in [1.29, 1.82) is 5.26 Å². The fourth-order valence-electron chi connectivity index (χ4n) is 1.51. The standard InChI is InChI=1S/C14H10N2O2S/c1-9-6-12(4-2-10(9)7-15)19-13-5-3-11(8-16-13)14(17)18/h2-6,8H,1H3,(H,17,18). The minimum atomic E-state index is -0.988. The van der Waals surface area contributed by atoms with Crippen molar-refractivity contribution in [3.8, 4) is 6.07 Å². The van der Waals surface area contributed by atoms with Gasteiger partial charge in [0.15, 0.2) is 0 Å². The van der Waals surface area contributed by atoms with Crippen LogP contribution < -0.4 is 0 Å². The van der Waals surface area contributed by atoms with E-state index in [-0.39, 0.29) is 5.56 Å². The van der Waals surface area contributed by atoms with Gasteiger partial charge in [-0.1, -0.05) is 11.8 Å². The molecule has 0 bridgehead atoms. The largest absolute Gasteiger partial charge is 0.478 e. The number of nitriles is 1. The summed E-state index contributed by atoms with van der Waals surface area (Å²) in [7, 11) is 0. The first kappa shape index (κ1) is 13.1. The predicted molar refractivity (Wildman–Crippen MR) is 71.2 cm³/mol. The van der Waals surface area contributed by atoms with Gasteiger partial charge in [0.2, 0.25) is 0 Å². The maximum atomic E-state index is 10.7. The molecule has 4 nitrogen and oxygen atoms in total. The Morgan fingerprint density at radius 2 is 2.16 bits per heavy atom.